The molecule has 2 N–H and O–H groups in total. The highest BCUT2D eigenvalue weighted by Crippen LogP contribution is 2.39. The Kier molecular flexibility index (Phi) is 4.80. The number of aryl methyl sites for hydroxylation is 1. The molecule has 2 unspecified atom stereocenters. The zero-order valence-corrected chi connectivity index (χ0v) is 14.4. The summed E-state index contributed by atoms with van der Waals surface area (Å²) < 4.78 is 0. The number of aromatic nitrogens is 2. The second kappa shape index (κ2) is 6.83. The summed E-state index contributed by atoms with van der Waals surface area (Å²) in [6.45, 7) is 4.35. The number of hydrogen-bond donors (Lipinski definition) is 2. The van der Waals surface area contributed by atoms with Gasteiger partial charge >= 0.3 is 5.97 Å². The molecule has 124 valence electrons. The lowest BCUT2D eigenvalue weighted by molar-refractivity contribution is -0.138. The molecular formula is C17H23N3O2S. The van der Waals surface area contributed by atoms with Crippen LogP contribution in [0.2, 0.25) is 0 Å². The van der Waals surface area contributed by atoms with Crippen LogP contribution in [0.1, 0.15) is 50.0 Å². The molecule has 3 rings (SSSR count). The standard InChI is InChI=1S/C17H23N3O2S/c1-3-4-5-12(17(21)22)20-15-14-11-7-6-10(2)8-13(11)23-16(14)19-9-18-15/h9-10,12H,3-8H2,1-2H3,(H,21,22)(H,18,19,20). The third-order valence-electron chi connectivity index (χ3n) is 4.55. The zero-order chi connectivity index (χ0) is 16.4. The number of hydrogen-bond acceptors (Lipinski definition) is 5. The van der Waals surface area contributed by atoms with Gasteiger partial charge in [-0.05, 0) is 37.2 Å². The van der Waals surface area contributed by atoms with E-state index in [2.05, 4.69) is 29.1 Å². The van der Waals surface area contributed by atoms with E-state index in [0.29, 0.717) is 18.2 Å². The van der Waals surface area contributed by atoms with Crippen molar-refractivity contribution in [3.05, 3.63) is 16.8 Å². The minimum atomic E-state index is -0.817. The molecule has 2 heterocycles. The molecule has 0 bridgehead atoms. The predicted molar refractivity (Wildman–Crippen MR) is 93.2 cm³/mol. The zero-order valence-electron chi connectivity index (χ0n) is 13.6. The number of thiophene rings is 1. The van der Waals surface area contributed by atoms with E-state index >= 15 is 0 Å². The Labute approximate surface area is 140 Å². The van der Waals surface area contributed by atoms with Crippen molar-refractivity contribution >= 4 is 33.3 Å². The van der Waals surface area contributed by atoms with Crippen LogP contribution in [0, 0.1) is 5.92 Å². The summed E-state index contributed by atoms with van der Waals surface area (Å²) in [4.78, 5) is 22.6. The summed E-state index contributed by atoms with van der Waals surface area (Å²) >= 11 is 1.73. The van der Waals surface area contributed by atoms with Gasteiger partial charge in [-0.3, -0.25) is 0 Å². The van der Waals surface area contributed by atoms with Crippen LogP contribution >= 0.6 is 11.3 Å². The molecule has 0 fully saturated rings. The highest BCUT2D eigenvalue weighted by Gasteiger charge is 2.25. The largest absolute Gasteiger partial charge is 0.480 e. The Morgan fingerprint density at radius 1 is 1.52 bits per heavy atom. The molecule has 0 saturated heterocycles. The van der Waals surface area contributed by atoms with Crippen LogP contribution in [0.15, 0.2) is 6.33 Å². The van der Waals surface area contributed by atoms with Gasteiger partial charge in [0, 0.05) is 4.88 Å². The Morgan fingerprint density at radius 3 is 3.09 bits per heavy atom. The number of carbonyl (C=O) groups is 1. The van der Waals surface area contributed by atoms with Gasteiger partial charge in [-0.15, -0.1) is 11.3 Å². The smallest absolute Gasteiger partial charge is 0.326 e. The Bertz CT molecular complexity index is 713. The summed E-state index contributed by atoms with van der Waals surface area (Å²) in [7, 11) is 0. The number of aliphatic carboxylic acids is 1. The molecule has 0 spiro atoms. The molecule has 0 aromatic carbocycles. The van der Waals surface area contributed by atoms with Gasteiger partial charge in [0.1, 0.15) is 23.0 Å². The van der Waals surface area contributed by atoms with Crippen molar-refractivity contribution in [1.82, 2.24) is 9.97 Å². The first-order valence-corrected chi connectivity index (χ1v) is 9.16. The van der Waals surface area contributed by atoms with E-state index in [4.69, 9.17) is 0 Å². The molecule has 0 amide bonds. The lowest BCUT2D eigenvalue weighted by atomic mass is 9.89. The van der Waals surface area contributed by atoms with Gasteiger partial charge in [-0.25, -0.2) is 14.8 Å². The van der Waals surface area contributed by atoms with Gasteiger partial charge in [-0.1, -0.05) is 26.7 Å². The molecule has 23 heavy (non-hydrogen) atoms. The van der Waals surface area contributed by atoms with Crippen molar-refractivity contribution in [2.75, 3.05) is 5.32 Å². The molecule has 2 atom stereocenters. The summed E-state index contributed by atoms with van der Waals surface area (Å²) in [5, 5.41) is 13.7. The third kappa shape index (κ3) is 3.32. The van der Waals surface area contributed by atoms with Crippen LogP contribution < -0.4 is 5.32 Å². The third-order valence-corrected chi connectivity index (χ3v) is 5.71. The second-order valence-electron chi connectivity index (χ2n) is 6.43. The number of nitrogens with one attached hydrogen (secondary N) is 1. The van der Waals surface area contributed by atoms with Crippen LogP contribution in [-0.4, -0.2) is 27.1 Å². The number of anilines is 1. The van der Waals surface area contributed by atoms with Gasteiger partial charge in [0.2, 0.25) is 0 Å². The van der Waals surface area contributed by atoms with E-state index in [1.807, 2.05) is 0 Å². The van der Waals surface area contributed by atoms with Gasteiger partial charge in [-0.2, -0.15) is 0 Å². The molecule has 1 aliphatic rings. The topological polar surface area (TPSA) is 75.1 Å². The van der Waals surface area contributed by atoms with E-state index < -0.39 is 12.0 Å². The maximum atomic E-state index is 11.5. The van der Waals surface area contributed by atoms with Crippen molar-refractivity contribution < 1.29 is 9.90 Å². The van der Waals surface area contributed by atoms with Crippen LogP contribution in [0.25, 0.3) is 10.2 Å². The molecule has 6 heteroatoms. The lowest BCUT2D eigenvalue weighted by Gasteiger charge is -2.19. The molecule has 2 aromatic heterocycles. The highest BCUT2D eigenvalue weighted by molar-refractivity contribution is 7.19. The van der Waals surface area contributed by atoms with Crippen molar-refractivity contribution in [2.24, 2.45) is 5.92 Å². The lowest BCUT2D eigenvalue weighted by Crippen LogP contribution is -2.29. The molecular weight excluding hydrogens is 310 g/mol. The van der Waals surface area contributed by atoms with Gasteiger partial charge < -0.3 is 10.4 Å². The van der Waals surface area contributed by atoms with Crippen LogP contribution in [0.5, 0.6) is 0 Å². The number of unbranched alkanes of at least 4 members (excludes halogenated alkanes) is 1. The monoisotopic (exact) mass is 333 g/mol. The van der Waals surface area contributed by atoms with Crippen molar-refractivity contribution in [2.45, 2.75) is 58.4 Å². The molecule has 0 aliphatic heterocycles. The molecule has 0 saturated carbocycles. The minimum absolute atomic E-state index is 0.592. The maximum absolute atomic E-state index is 11.5. The predicted octanol–water partition coefficient (Wildman–Crippen LogP) is 3.87. The average molecular weight is 333 g/mol. The average Bonchev–Trinajstić information content (AvgIpc) is 2.89. The van der Waals surface area contributed by atoms with Crippen LogP contribution in [0.3, 0.4) is 0 Å². The van der Waals surface area contributed by atoms with E-state index in [1.165, 1.54) is 23.2 Å². The SMILES string of the molecule is CCCCC(Nc1ncnc2sc3c(c12)CCC(C)C3)C(=O)O. The summed E-state index contributed by atoms with van der Waals surface area (Å²) in [6, 6.07) is -0.592. The first-order chi connectivity index (χ1) is 11.1. The van der Waals surface area contributed by atoms with Gasteiger partial charge in [0.15, 0.2) is 0 Å². The van der Waals surface area contributed by atoms with E-state index in [1.54, 1.807) is 11.3 Å². The molecule has 1 aliphatic carbocycles. The number of carboxylic acid groups (broad SMARTS) is 1. The number of nitrogens with zero attached hydrogens (tertiary/aromatic N) is 2. The fraction of sp³-hybridized carbons (Fsp3) is 0.588. The van der Waals surface area contributed by atoms with Crippen molar-refractivity contribution in [1.29, 1.82) is 0 Å². The summed E-state index contributed by atoms with van der Waals surface area (Å²) in [5.41, 5.74) is 1.32. The molecule has 5 nitrogen and oxygen atoms in total. The van der Waals surface area contributed by atoms with Gasteiger partial charge in [0.05, 0.1) is 5.39 Å². The molecule has 2 aromatic rings. The van der Waals surface area contributed by atoms with Crippen LogP contribution in [0.4, 0.5) is 5.82 Å². The van der Waals surface area contributed by atoms with E-state index in [-0.39, 0.29) is 0 Å². The van der Waals surface area contributed by atoms with Gasteiger partial charge in [0.25, 0.3) is 0 Å². The van der Waals surface area contributed by atoms with Crippen molar-refractivity contribution in [3.63, 3.8) is 0 Å². The first kappa shape index (κ1) is 16.2. The second-order valence-corrected chi connectivity index (χ2v) is 7.52. The Morgan fingerprint density at radius 2 is 2.35 bits per heavy atom. The number of rotatable bonds is 6. The fourth-order valence-corrected chi connectivity index (χ4v) is 4.57. The Hall–Kier alpha value is -1.69. The van der Waals surface area contributed by atoms with Crippen molar-refractivity contribution in [3.8, 4) is 0 Å². The highest BCUT2D eigenvalue weighted by atomic mass is 32.1. The number of fused-ring (bicyclic) bond motifs is 3. The molecule has 0 radical (unpaired) electrons. The summed E-state index contributed by atoms with van der Waals surface area (Å²) in [5.74, 6) is 0.574. The Balaban J connectivity index is 1.96. The minimum Gasteiger partial charge on any atom is -0.480 e. The number of carboxylic acids is 1. The maximum Gasteiger partial charge on any atom is 0.326 e. The van der Waals surface area contributed by atoms with E-state index in [0.717, 1.165) is 35.9 Å². The summed E-state index contributed by atoms with van der Waals surface area (Å²) in [6.07, 6.45) is 7.31. The quantitative estimate of drug-likeness (QED) is 0.839. The van der Waals surface area contributed by atoms with Crippen LogP contribution in [-0.2, 0) is 17.6 Å². The normalized spacial score (nSPS) is 18.6. The first-order valence-electron chi connectivity index (χ1n) is 8.34. The fourth-order valence-electron chi connectivity index (χ4n) is 3.22. The van der Waals surface area contributed by atoms with E-state index in [9.17, 15) is 9.90 Å².